The van der Waals surface area contributed by atoms with Crippen LogP contribution in [0.4, 0.5) is 5.69 Å². The second-order valence-electron chi connectivity index (χ2n) is 6.39. The lowest BCUT2D eigenvalue weighted by Gasteiger charge is -2.37. The average Bonchev–Trinajstić information content (AvgIpc) is 2.77. The van der Waals surface area contributed by atoms with Crippen LogP contribution in [0.5, 0.6) is 11.5 Å². The molecule has 1 amide bonds. The number of hydrogen-bond acceptors (Lipinski definition) is 4. The van der Waals surface area contributed by atoms with Crippen molar-refractivity contribution in [3.8, 4) is 17.6 Å². The highest BCUT2D eigenvalue weighted by Gasteiger charge is 2.33. The second-order valence-corrected chi connectivity index (χ2v) is 6.39. The maximum atomic E-state index is 13.1. The van der Waals surface area contributed by atoms with Gasteiger partial charge in [0.2, 0.25) is 0 Å². The molecule has 0 bridgehead atoms. The minimum absolute atomic E-state index is 0.108. The highest BCUT2D eigenvalue weighted by molar-refractivity contribution is 5.97. The fourth-order valence-electron chi connectivity index (χ4n) is 3.26. The number of anilines is 1. The molecule has 3 aromatic carbocycles. The maximum absolute atomic E-state index is 13.1. The van der Waals surface area contributed by atoms with Crippen molar-refractivity contribution in [1.82, 2.24) is 0 Å². The monoisotopic (exact) mass is 370 g/mol. The lowest BCUT2D eigenvalue weighted by molar-refractivity contribution is -0.121. The van der Waals surface area contributed by atoms with Gasteiger partial charge in [-0.3, -0.25) is 9.69 Å². The highest BCUT2D eigenvalue weighted by atomic mass is 16.5. The van der Waals surface area contributed by atoms with E-state index in [1.807, 2.05) is 54.6 Å². The molecule has 3 aromatic rings. The molecule has 1 heterocycles. The third kappa shape index (κ3) is 3.53. The fraction of sp³-hybridized carbons (Fsp3) is 0.130. The Morgan fingerprint density at radius 2 is 1.75 bits per heavy atom. The minimum atomic E-state index is -0.229. The van der Waals surface area contributed by atoms with E-state index < -0.39 is 0 Å². The van der Waals surface area contributed by atoms with Crippen molar-refractivity contribution < 1.29 is 14.3 Å². The molecule has 28 heavy (non-hydrogen) atoms. The molecule has 0 aromatic heterocycles. The molecule has 0 fully saturated rings. The lowest BCUT2D eigenvalue weighted by atomic mass is 10.0. The summed E-state index contributed by atoms with van der Waals surface area (Å²) >= 11 is 0. The van der Waals surface area contributed by atoms with Crippen LogP contribution in [0.15, 0.2) is 78.9 Å². The molecule has 1 aliphatic rings. The van der Waals surface area contributed by atoms with Gasteiger partial charge in [0.15, 0.2) is 6.61 Å². The zero-order valence-electron chi connectivity index (χ0n) is 15.1. The van der Waals surface area contributed by atoms with Crippen LogP contribution < -0.4 is 14.4 Å². The maximum Gasteiger partial charge on any atom is 0.265 e. The second kappa shape index (κ2) is 7.85. The number of carbonyl (C=O) groups excluding carboxylic acids is 1. The number of rotatable bonds is 4. The third-order valence-electron chi connectivity index (χ3n) is 4.63. The Bertz CT molecular complexity index is 1010. The van der Waals surface area contributed by atoms with Crippen LogP contribution in [0, 0.1) is 11.3 Å². The quantitative estimate of drug-likeness (QED) is 0.694. The number of nitrogens with zero attached hydrogens (tertiary/aromatic N) is 2. The van der Waals surface area contributed by atoms with Gasteiger partial charge >= 0.3 is 0 Å². The molecule has 0 saturated heterocycles. The van der Waals surface area contributed by atoms with Crippen LogP contribution in [-0.4, -0.2) is 19.1 Å². The molecule has 4 rings (SSSR count). The highest BCUT2D eigenvalue weighted by Crippen LogP contribution is 2.39. The van der Waals surface area contributed by atoms with Crippen LogP contribution in [0.25, 0.3) is 0 Å². The van der Waals surface area contributed by atoms with E-state index in [9.17, 15) is 4.79 Å². The Labute approximate surface area is 163 Å². The fourth-order valence-corrected chi connectivity index (χ4v) is 3.26. The molecule has 0 N–H and O–H groups in total. The normalized spacial score (nSPS) is 15.1. The molecule has 0 radical (unpaired) electrons. The predicted octanol–water partition coefficient (Wildman–Crippen LogP) is 4.10. The van der Waals surface area contributed by atoms with E-state index in [2.05, 4.69) is 6.07 Å². The Balaban J connectivity index is 1.59. The summed E-state index contributed by atoms with van der Waals surface area (Å²) in [4.78, 5) is 14.9. The molecule has 1 aliphatic heterocycles. The van der Waals surface area contributed by atoms with Gasteiger partial charge in [0.1, 0.15) is 18.1 Å². The van der Waals surface area contributed by atoms with Crippen LogP contribution in [0.3, 0.4) is 0 Å². The molecule has 0 saturated carbocycles. The first kappa shape index (κ1) is 17.6. The van der Waals surface area contributed by atoms with Crippen molar-refractivity contribution in [2.45, 2.75) is 6.04 Å². The van der Waals surface area contributed by atoms with Crippen molar-refractivity contribution in [2.75, 3.05) is 18.1 Å². The number of para-hydroxylation sites is 2. The summed E-state index contributed by atoms with van der Waals surface area (Å²) in [6, 6.07) is 25.9. The number of fused-ring (bicyclic) bond motifs is 1. The third-order valence-corrected chi connectivity index (χ3v) is 4.63. The van der Waals surface area contributed by atoms with E-state index in [1.165, 1.54) is 0 Å². The van der Waals surface area contributed by atoms with Crippen molar-refractivity contribution in [1.29, 1.82) is 5.26 Å². The Morgan fingerprint density at radius 1 is 1.04 bits per heavy atom. The van der Waals surface area contributed by atoms with E-state index >= 15 is 0 Å². The summed E-state index contributed by atoms with van der Waals surface area (Å²) in [5.74, 6) is 1.07. The SMILES string of the molecule is N#Cc1ccc(OCC(=O)N2c3ccccc3OC[C@H]2c2ccccc2)cc1. The smallest absolute Gasteiger partial charge is 0.265 e. The van der Waals surface area contributed by atoms with Gasteiger partial charge in [-0.1, -0.05) is 42.5 Å². The van der Waals surface area contributed by atoms with Crippen molar-refractivity contribution in [3.63, 3.8) is 0 Å². The molecule has 0 spiro atoms. The first-order valence-corrected chi connectivity index (χ1v) is 8.98. The van der Waals surface area contributed by atoms with Gasteiger partial charge in [-0.25, -0.2) is 0 Å². The van der Waals surface area contributed by atoms with Gasteiger partial charge in [0, 0.05) is 0 Å². The summed E-state index contributed by atoms with van der Waals surface area (Å²) in [5.41, 5.74) is 2.28. The van der Waals surface area contributed by atoms with E-state index in [1.54, 1.807) is 29.2 Å². The van der Waals surface area contributed by atoms with Crippen LogP contribution in [0.1, 0.15) is 17.2 Å². The molecule has 1 atom stereocenters. The summed E-state index contributed by atoms with van der Waals surface area (Å²) in [6.45, 7) is 0.271. The molecule has 5 heteroatoms. The Morgan fingerprint density at radius 3 is 2.50 bits per heavy atom. The summed E-state index contributed by atoms with van der Waals surface area (Å²) in [6.07, 6.45) is 0. The Kier molecular flexibility index (Phi) is 4.94. The topological polar surface area (TPSA) is 62.6 Å². The standard InChI is InChI=1S/C23H18N2O3/c24-14-17-10-12-19(13-11-17)27-16-23(26)25-20-8-4-5-9-22(20)28-15-21(25)18-6-2-1-3-7-18/h1-13,21H,15-16H2/t21-/m0/s1. The van der Waals surface area contributed by atoms with Gasteiger partial charge in [-0.2, -0.15) is 5.26 Å². The molecule has 0 aliphatic carbocycles. The van der Waals surface area contributed by atoms with Crippen molar-refractivity contribution in [3.05, 3.63) is 90.0 Å². The molecular weight excluding hydrogens is 352 g/mol. The number of carbonyl (C=O) groups is 1. The Hall–Kier alpha value is -3.78. The van der Waals surface area contributed by atoms with Crippen LogP contribution in [-0.2, 0) is 4.79 Å². The number of benzene rings is 3. The van der Waals surface area contributed by atoms with Crippen LogP contribution >= 0.6 is 0 Å². The minimum Gasteiger partial charge on any atom is -0.489 e. The van der Waals surface area contributed by atoms with Gasteiger partial charge < -0.3 is 9.47 Å². The number of amides is 1. The van der Waals surface area contributed by atoms with Gasteiger partial charge in [-0.15, -0.1) is 0 Å². The van der Waals surface area contributed by atoms with Gasteiger partial charge in [0.25, 0.3) is 5.91 Å². The van der Waals surface area contributed by atoms with Crippen molar-refractivity contribution in [2.24, 2.45) is 0 Å². The number of nitriles is 1. The molecule has 138 valence electrons. The summed E-state index contributed by atoms with van der Waals surface area (Å²) < 4.78 is 11.6. The number of hydrogen-bond donors (Lipinski definition) is 0. The molecule has 0 unspecified atom stereocenters. The number of ether oxygens (including phenoxy) is 2. The van der Waals surface area contributed by atoms with Gasteiger partial charge in [-0.05, 0) is 42.0 Å². The first-order valence-electron chi connectivity index (χ1n) is 8.98. The zero-order chi connectivity index (χ0) is 19.3. The summed E-state index contributed by atoms with van der Waals surface area (Å²) in [5, 5.41) is 8.88. The lowest BCUT2D eigenvalue weighted by Crippen LogP contribution is -2.43. The first-order chi connectivity index (χ1) is 13.8. The van der Waals surface area contributed by atoms with Crippen LogP contribution in [0.2, 0.25) is 0 Å². The summed E-state index contributed by atoms with van der Waals surface area (Å²) in [7, 11) is 0. The largest absolute Gasteiger partial charge is 0.489 e. The van der Waals surface area contributed by atoms with E-state index in [0.29, 0.717) is 23.7 Å². The van der Waals surface area contributed by atoms with E-state index in [-0.39, 0.29) is 18.6 Å². The average molecular weight is 370 g/mol. The van der Waals surface area contributed by atoms with Crippen molar-refractivity contribution >= 4 is 11.6 Å². The molecule has 5 nitrogen and oxygen atoms in total. The zero-order valence-corrected chi connectivity index (χ0v) is 15.1. The van der Waals surface area contributed by atoms with Gasteiger partial charge in [0.05, 0.1) is 23.4 Å². The predicted molar refractivity (Wildman–Crippen MR) is 105 cm³/mol. The van der Waals surface area contributed by atoms with E-state index in [4.69, 9.17) is 14.7 Å². The molecular formula is C23H18N2O3. The van der Waals surface area contributed by atoms with E-state index in [0.717, 1.165) is 11.3 Å².